The molecule has 0 rings (SSSR count). The van der Waals surface area contributed by atoms with Crippen molar-refractivity contribution in [2.24, 2.45) is 11.8 Å². The van der Waals surface area contributed by atoms with E-state index in [-0.39, 0.29) is 25.7 Å². The summed E-state index contributed by atoms with van der Waals surface area (Å²) in [5, 5.41) is 10.7. The van der Waals surface area contributed by atoms with Crippen LogP contribution in [0.5, 0.6) is 0 Å². The molecule has 5 atom stereocenters. The lowest BCUT2D eigenvalue weighted by molar-refractivity contribution is -0.161. The van der Waals surface area contributed by atoms with Crippen LogP contribution in [0, 0.1) is 11.8 Å². The molecule has 0 aromatic carbocycles. The van der Waals surface area contributed by atoms with Gasteiger partial charge in [-0.2, -0.15) is 0 Å². The number of aliphatic hydroxyl groups excluding tert-OH is 1. The minimum absolute atomic E-state index is 0.107. The summed E-state index contributed by atoms with van der Waals surface area (Å²) in [5.74, 6) is -0.535. The van der Waals surface area contributed by atoms with Gasteiger partial charge in [0.15, 0.2) is 12.2 Å². The van der Waals surface area contributed by atoms with Gasteiger partial charge in [0, 0.05) is 25.7 Å². The van der Waals surface area contributed by atoms with E-state index in [0.717, 1.165) is 102 Å². The number of carbonyl (C=O) groups is 4. The summed E-state index contributed by atoms with van der Waals surface area (Å²) in [6.07, 6.45) is 66.5. The zero-order chi connectivity index (χ0) is 75.6. The largest absolute Gasteiger partial charge is 0.472 e. The molecule has 17 nitrogen and oxygen atoms in total. The molecule has 2 unspecified atom stereocenters. The monoisotopic (exact) mass is 1510 g/mol. The Morgan fingerprint density at radius 1 is 0.262 bits per heavy atom. The molecule has 0 radical (unpaired) electrons. The van der Waals surface area contributed by atoms with Gasteiger partial charge < -0.3 is 33.8 Å². The second kappa shape index (κ2) is 75.5. The number of esters is 4. The smallest absolute Gasteiger partial charge is 0.462 e. The second-order valence-corrected chi connectivity index (χ2v) is 34.1. The van der Waals surface area contributed by atoms with E-state index in [1.54, 1.807) is 0 Å². The minimum Gasteiger partial charge on any atom is -0.462 e. The fourth-order valence-electron chi connectivity index (χ4n) is 13.1. The Bertz CT molecular complexity index is 1980. The maximum absolute atomic E-state index is 13.1. The molecular formula is C84H164O17P2. The van der Waals surface area contributed by atoms with Crippen LogP contribution in [0.15, 0.2) is 0 Å². The van der Waals surface area contributed by atoms with Crippen LogP contribution in [0.25, 0.3) is 0 Å². The first-order valence-corrected chi connectivity index (χ1v) is 46.5. The first-order chi connectivity index (χ1) is 49.9. The fraction of sp³-hybridized carbons (Fsp3) is 0.952. The maximum atomic E-state index is 13.1. The topological polar surface area (TPSA) is 237 Å². The molecule has 0 bridgehead atoms. The number of phosphoric acid groups is 2. The number of hydrogen-bond acceptors (Lipinski definition) is 15. The number of phosphoric ester groups is 2. The van der Waals surface area contributed by atoms with E-state index >= 15 is 0 Å². The van der Waals surface area contributed by atoms with Gasteiger partial charge in [0.1, 0.15) is 19.3 Å². The van der Waals surface area contributed by atoms with E-state index in [4.69, 9.17) is 37.0 Å². The highest BCUT2D eigenvalue weighted by molar-refractivity contribution is 7.47. The molecule has 0 heterocycles. The lowest BCUT2D eigenvalue weighted by Gasteiger charge is -2.21. The molecule has 0 aromatic rings. The molecular weight excluding hydrogens is 1340 g/mol. The first-order valence-electron chi connectivity index (χ1n) is 43.5. The second-order valence-electron chi connectivity index (χ2n) is 31.2. The van der Waals surface area contributed by atoms with Crippen LogP contribution in [0.3, 0.4) is 0 Å². The van der Waals surface area contributed by atoms with E-state index < -0.39 is 97.5 Å². The Morgan fingerprint density at radius 3 is 0.660 bits per heavy atom. The molecule has 612 valence electrons. The van der Waals surface area contributed by atoms with Crippen LogP contribution in [-0.2, 0) is 65.4 Å². The van der Waals surface area contributed by atoms with Gasteiger partial charge in [0.2, 0.25) is 0 Å². The Kier molecular flexibility index (Phi) is 74.1. The van der Waals surface area contributed by atoms with Gasteiger partial charge in [-0.05, 0) is 37.5 Å². The van der Waals surface area contributed by atoms with Crippen LogP contribution in [0.1, 0.15) is 446 Å². The molecule has 0 saturated heterocycles. The molecule has 103 heavy (non-hydrogen) atoms. The molecule has 19 heteroatoms. The summed E-state index contributed by atoms with van der Waals surface area (Å²) >= 11 is 0. The summed E-state index contributed by atoms with van der Waals surface area (Å²) in [5.41, 5.74) is 0. The summed E-state index contributed by atoms with van der Waals surface area (Å²) in [7, 11) is -9.93. The molecule has 0 spiro atoms. The van der Waals surface area contributed by atoms with E-state index in [1.165, 1.54) is 263 Å². The Morgan fingerprint density at radius 2 is 0.447 bits per heavy atom. The molecule has 0 aliphatic heterocycles. The summed E-state index contributed by atoms with van der Waals surface area (Å²) in [4.78, 5) is 73.2. The Hall–Kier alpha value is -1.94. The third-order valence-corrected chi connectivity index (χ3v) is 21.6. The lowest BCUT2D eigenvalue weighted by Crippen LogP contribution is -2.30. The van der Waals surface area contributed by atoms with Crippen molar-refractivity contribution in [1.29, 1.82) is 0 Å². The molecule has 0 saturated carbocycles. The molecule has 0 aliphatic rings. The molecule has 0 fully saturated rings. The zero-order valence-electron chi connectivity index (χ0n) is 67.6. The Labute approximate surface area is 632 Å². The summed E-state index contributed by atoms with van der Waals surface area (Å²) in [6, 6.07) is 0. The zero-order valence-corrected chi connectivity index (χ0v) is 69.4. The molecule has 0 aromatic heterocycles. The van der Waals surface area contributed by atoms with Crippen molar-refractivity contribution >= 4 is 39.5 Å². The maximum Gasteiger partial charge on any atom is 0.472 e. The summed E-state index contributed by atoms with van der Waals surface area (Å²) < 4.78 is 68.9. The third-order valence-electron chi connectivity index (χ3n) is 19.7. The van der Waals surface area contributed by atoms with E-state index in [1.807, 2.05) is 0 Å². The van der Waals surface area contributed by atoms with Gasteiger partial charge >= 0.3 is 39.5 Å². The standard InChI is InChI=1S/C84H164O17P2/c1-7-9-11-13-15-17-19-21-22-23-24-25-26-27-30-38-44-50-56-62-68-83(88)100-80(73-95-82(87)67-61-55-49-43-37-31-28-29-34-40-46-52-58-64-76(3)4)75-99-103(92,93)97-71-78(85)70-96-102(90,91)98-74-79(72-94-81(86)66-60-54-48-42-36-20-18-16-14-12-10-8-2)101-84(89)69-63-57-51-45-39-33-32-35-41-47-53-59-65-77(5)6/h76-80,85H,7-75H2,1-6H3,(H,90,91)(H,92,93)/t78-,79+,80+/m0/s1. The van der Waals surface area contributed by atoms with E-state index in [0.29, 0.717) is 25.7 Å². The van der Waals surface area contributed by atoms with Gasteiger partial charge in [-0.1, -0.05) is 395 Å². The molecule has 3 N–H and O–H groups in total. The summed E-state index contributed by atoms with van der Waals surface area (Å²) in [6.45, 7) is 9.69. The highest BCUT2D eigenvalue weighted by Crippen LogP contribution is 2.45. The third kappa shape index (κ3) is 78.0. The van der Waals surface area contributed by atoms with Crippen molar-refractivity contribution in [3.05, 3.63) is 0 Å². The average Bonchev–Trinajstić information content (AvgIpc) is 0.992. The number of carbonyl (C=O) groups excluding carboxylic acids is 4. The first kappa shape index (κ1) is 101. The Balaban J connectivity index is 5.25. The van der Waals surface area contributed by atoms with Crippen LogP contribution in [0.2, 0.25) is 0 Å². The molecule has 0 aliphatic carbocycles. The van der Waals surface area contributed by atoms with Crippen molar-refractivity contribution in [3.8, 4) is 0 Å². The van der Waals surface area contributed by atoms with Gasteiger partial charge in [0.05, 0.1) is 26.4 Å². The average molecular weight is 1510 g/mol. The van der Waals surface area contributed by atoms with Crippen LogP contribution >= 0.6 is 15.6 Å². The lowest BCUT2D eigenvalue weighted by atomic mass is 10.0. The quantitative estimate of drug-likeness (QED) is 0.0222. The van der Waals surface area contributed by atoms with Crippen LogP contribution < -0.4 is 0 Å². The van der Waals surface area contributed by atoms with Crippen molar-refractivity contribution in [2.75, 3.05) is 39.6 Å². The van der Waals surface area contributed by atoms with Crippen LogP contribution in [0.4, 0.5) is 0 Å². The van der Waals surface area contributed by atoms with Crippen molar-refractivity contribution in [3.63, 3.8) is 0 Å². The number of rotatable bonds is 83. The highest BCUT2D eigenvalue weighted by atomic mass is 31.2. The molecule has 0 amide bonds. The van der Waals surface area contributed by atoms with Gasteiger partial charge in [0.25, 0.3) is 0 Å². The van der Waals surface area contributed by atoms with Crippen molar-refractivity contribution < 1.29 is 80.2 Å². The minimum atomic E-state index is -4.96. The predicted molar refractivity (Wildman–Crippen MR) is 423 cm³/mol. The number of ether oxygens (including phenoxy) is 4. The predicted octanol–water partition coefficient (Wildman–Crippen LogP) is 25.5. The number of aliphatic hydroxyl groups is 1. The fourth-order valence-corrected chi connectivity index (χ4v) is 14.6. The van der Waals surface area contributed by atoms with Gasteiger partial charge in [-0.15, -0.1) is 0 Å². The van der Waals surface area contributed by atoms with Crippen LogP contribution in [-0.4, -0.2) is 96.7 Å². The van der Waals surface area contributed by atoms with E-state index in [9.17, 15) is 43.2 Å². The number of hydrogen-bond donors (Lipinski definition) is 3. The van der Waals surface area contributed by atoms with Crippen molar-refractivity contribution in [1.82, 2.24) is 0 Å². The van der Waals surface area contributed by atoms with Gasteiger partial charge in [-0.25, -0.2) is 9.13 Å². The normalized spacial score (nSPS) is 13.9. The number of unbranched alkanes of at least 4 members (excludes halogenated alkanes) is 53. The van der Waals surface area contributed by atoms with Gasteiger partial charge in [-0.3, -0.25) is 37.3 Å². The SMILES string of the molecule is CCCCCCCCCCCCCCCCCCCCCCC(=O)O[C@H](COC(=O)CCCCCCCCCCCCCCCC(C)C)COP(=O)(O)OC[C@@H](O)COP(=O)(O)OC[C@@H](COC(=O)CCCCCCCCCCCCCC)OC(=O)CCCCCCCCCCCCCCC(C)C. The van der Waals surface area contributed by atoms with Crippen molar-refractivity contribution in [2.45, 2.75) is 464 Å². The van der Waals surface area contributed by atoms with E-state index in [2.05, 4.69) is 41.5 Å². The highest BCUT2D eigenvalue weighted by Gasteiger charge is 2.30.